The van der Waals surface area contributed by atoms with E-state index in [1.165, 1.54) is 19.3 Å². The number of aryl methyl sites for hydroxylation is 1. The second-order valence-corrected chi connectivity index (χ2v) is 7.85. The first-order chi connectivity index (χ1) is 13.7. The molecule has 2 bridgehead atoms. The third kappa shape index (κ3) is 3.19. The zero-order valence-electron chi connectivity index (χ0n) is 15.7. The Balaban J connectivity index is 1.32. The number of phenols is 1. The largest absolute Gasteiger partial charge is 0.507 e. The molecule has 2 fully saturated rings. The maximum Gasteiger partial charge on any atom is 0.233 e. The molecule has 0 amide bonds. The van der Waals surface area contributed by atoms with Gasteiger partial charge in [-0.05, 0) is 66.6 Å². The zero-order valence-corrected chi connectivity index (χ0v) is 15.7. The van der Waals surface area contributed by atoms with Gasteiger partial charge in [-0.1, -0.05) is 12.8 Å². The minimum atomic E-state index is 0.0965. The maximum absolute atomic E-state index is 10.4. The highest BCUT2D eigenvalue weighted by atomic mass is 16.5. The van der Waals surface area contributed by atoms with Gasteiger partial charge in [0, 0.05) is 17.7 Å². The normalized spacial score (nSPS) is 23.7. The minimum Gasteiger partial charge on any atom is -0.507 e. The summed E-state index contributed by atoms with van der Waals surface area (Å²) in [6.07, 6.45) is 6.54. The summed E-state index contributed by atoms with van der Waals surface area (Å²) in [7, 11) is 0. The predicted octanol–water partition coefficient (Wildman–Crippen LogP) is 3.09. The van der Waals surface area contributed by atoms with Gasteiger partial charge in [0.05, 0.1) is 11.4 Å². The minimum absolute atomic E-state index is 0.0965. The highest BCUT2D eigenvalue weighted by Crippen LogP contribution is 2.43. The molecule has 3 aromatic rings. The Hall–Kier alpha value is -3.03. The number of tetrazole rings is 1. The summed E-state index contributed by atoms with van der Waals surface area (Å²) < 4.78 is 7.64. The topological polar surface area (TPSA) is 98.8 Å². The molecule has 0 radical (unpaired) electrons. The molecule has 144 valence electrons. The Kier molecular flexibility index (Phi) is 4.18. The van der Waals surface area contributed by atoms with Crippen LogP contribution in [0.5, 0.6) is 11.6 Å². The maximum atomic E-state index is 10.4. The molecule has 3 atom stereocenters. The van der Waals surface area contributed by atoms with Crippen molar-refractivity contribution in [2.45, 2.75) is 45.1 Å². The van der Waals surface area contributed by atoms with E-state index < -0.39 is 0 Å². The molecule has 0 aliphatic heterocycles. The van der Waals surface area contributed by atoms with Crippen LogP contribution in [0.3, 0.4) is 0 Å². The second kappa shape index (κ2) is 6.85. The lowest BCUT2D eigenvalue weighted by Gasteiger charge is -2.27. The number of fused-ring (bicyclic) bond motifs is 2. The van der Waals surface area contributed by atoms with Crippen LogP contribution in [0.25, 0.3) is 16.9 Å². The molecular weight excluding hydrogens is 356 g/mol. The van der Waals surface area contributed by atoms with Gasteiger partial charge in [-0.2, -0.15) is 4.68 Å². The third-order valence-electron chi connectivity index (χ3n) is 5.90. The Morgan fingerprint density at radius 2 is 1.82 bits per heavy atom. The average molecular weight is 378 g/mol. The number of ether oxygens (including phenoxy) is 1. The van der Waals surface area contributed by atoms with Crippen molar-refractivity contribution >= 4 is 0 Å². The van der Waals surface area contributed by atoms with Crippen LogP contribution >= 0.6 is 0 Å². The van der Waals surface area contributed by atoms with Gasteiger partial charge in [0.25, 0.3) is 0 Å². The number of hydrogen-bond donors (Lipinski definition) is 1. The van der Waals surface area contributed by atoms with Gasteiger partial charge in [0.1, 0.15) is 11.9 Å². The van der Waals surface area contributed by atoms with Crippen molar-refractivity contribution in [1.29, 1.82) is 0 Å². The van der Waals surface area contributed by atoms with Gasteiger partial charge in [-0.25, -0.2) is 0 Å². The van der Waals surface area contributed by atoms with Crippen molar-refractivity contribution in [1.82, 2.24) is 30.4 Å². The molecule has 2 saturated carbocycles. The summed E-state index contributed by atoms with van der Waals surface area (Å²) in [4.78, 5) is 0. The van der Waals surface area contributed by atoms with Gasteiger partial charge in [0.15, 0.2) is 5.82 Å². The van der Waals surface area contributed by atoms with E-state index >= 15 is 0 Å². The van der Waals surface area contributed by atoms with Crippen LogP contribution in [-0.4, -0.2) is 41.6 Å². The van der Waals surface area contributed by atoms with Crippen molar-refractivity contribution in [2.75, 3.05) is 0 Å². The molecule has 0 spiro atoms. The van der Waals surface area contributed by atoms with E-state index in [0.29, 0.717) is 28.6 Å². The summed E-state index contributed by atoms with van der Waals surface area (Å²) >= 11 is 0. The number of aromatic hydroxyl groups is 1. The summed E-state index contributed by atoms with van der Waals surface area (Å²) in [5, 5.41) is 30.3. The van der Waals surface area contributed by atoms with E-state index in [9.17, 15) is 5.11 Å². The first kappa shape index (κ1) is 17.1. The van der Waals surface area contributed by atoms with Crippen LogP contribution < -0.4 is 4.74 Å². The number of nitrogens with zero attached hydrogens (tertiary/aromatic N) is 6. The van der Waals surface area contributed by atoms with Crippen LogP contribution in [0.15, 0.2) is 30.3 Å². The standard InChI is InChI=1S/C20H22N6O2/c1-12-21-24-25-26(12)15-4-5-17(19(27)11-15)18-6-7-20(23-22-18)28-16-9-13-2-3-14(8-13)10-16/h4-7,11,13-14,16,27H,2-3,8-10H2,1H3/t13-,14+,16+. The van der Waals surface area contributed by atoms with Gasteiger partial charge in [-0.15, -0.1) is 15.3 Å². The smallest absolute Gasteiger partial charge is 0.233 e. The molecule has 8 heteroatoms. The van der Waals surface area contributed by atoms with Crippen LogP contribution in [-0.2, 0) is 0 Å². The number of aromatic nitrogens is 6. The molecule has 2 heterocycles. The van der Waals surface area contributed by atoms with Gasteiger partial charge < -0.3 is 9.84 Å². The molecule has 8 nitrogen and oxygen atoms in total. The Bertz CT molecular complexity index is 975. The lowest BCUT2D eigenvalue weighted by atomic mass is 9.87. The van der Waals surface area contributed by atoms with Crippen LogP contribution in [0.2, 0.25) is 0 Å². The van der Waals surface area contributed by atoms with Gasteiger partial charge in [-0.3, -0.25) is 0 Å². The molecule has 1 aromatic carbocycles. The SMILES string of the molecule is Cc1nnnn1-c1ccc(-c2ccc(O[C@H]3C[C@@H]4CC[C@@H](C4)C3)nn2)c(O)c1. The van der Waals surface area contributed by atoms with Crippen molar-refractivity contribution in [3.8, 4) is 28.6 Å². The fourth-order valence-corrected chi connectivity index (χ4v) is 4.58. The quantitative estimate of drug-likeness (QED) is 0.745. The van der Waals surface area contributed by atoms with Gasteiger partial charge in [0.2, 0.25) is 5.88 Å². The molecule has 2 aliphatic rings. The fourth-order valence-electron chi connectivity index (χ4n) is 4.58. The van der Waals surface area contributed by atoms with Crippen molar-refractivity contribution in [2.24, 2.45) is 11.8 Å². The van der Waals surface area contributed by atoms with Gasteiger partial charge >= 0.3 is 0 Å². The number of phenolic OH excluding ortho intramolecular Hbond substituents is 1. The van der Waals surface area contributed by atoms with E-state index in [4.69, 9.17) is 4.74 Å². The molecule has 1 N–H and O–H groups in total. The van der Waals surface area contributed by atoms with Crippen molar-refractivity contribution in [3.05, 3.63) is 36.2 Å². The molecule has 2 aromatic heterocycles. The fraction of sp³-hybridized carbons (Fsp3) is 0.450. The number of hydrogen-bond acceptors (Lipinski definition) is 7. The first-order valence-electron chi connectivity index (χ1n) is 9.75. The Labute approximate surface area is 162 Å². The lowest BCUT2D eigenvalue weighted by molar-refractivity contribution is 0.113. The lowest BCUT2D eigenvalue weighted by Crippen LogP contribution is -2.26. The first-order valence-corrected chi connectivity index (χ1v) is 9.75. The molecule has 0 saturated heterocycles. The summed E-state index contributed by atoms with van der Waals surface area (Å²) in [5.41, 5.74) is 1.88. The third-order valence-corrected chi connectivity index (χ3v) is 5.90. The average Bonchev–Trinajstić information content (AvgIpc) is 3.27. The summed E-state index contributed by atoms with van der Waals surface area (Å²) in [6, 6.07) is 8.90. The Morgan fingerprint density at radius 1 is 1.00 bits per heavy atom. The van der Waals surface area contributed by atoms with Crippen LogP contribution in [0.4, 0.5) is 0 Å². The Morgan fingerprint density at radius 3 is 2.46 bits per heavy atom. The summed E-state index contributed by atoms with van der Waals surface area (Å²) in [5.74, 6) is 2.92. The molecular formula is C20H22N6O2. The number of rotatable bonds is 4. The van der Waals surface area contributed by atoms with Crippen molar-refractivity contribution in [3.63, 3.8) is 0 Å². The second-order valence-electron chi connectivity index (χ2n) is 7.85. The van der Waals surface area contributed by atoms with Crippen LogP contribution in [0, 0.1) is 18.8 Å². The zero-order chi connectivity index (χ0) is 19.1. The highest BCUT2D eigenvalue weighted by Gasteiger charge is 2.35. The molecule has 0 unspecified atom stereocenters. The van der Waals surface area contributed by atoms with E-state index in [1.54, 1.807) is 23.7 Å². The van der Waals surface area contributed by atoms with Crippen molar-refractivity contribution < 1.29 is 9.84 Å². The molecule has 2 aliphatic carbocycles. The van der Waals surface area contributed by atoms with E-state index in [2.05, 4.69) is 25.7 Å². The number of benzene rings is 1. The van der Waals surface area contributed by atoms with E-state index in [-0.39, 0.29) is 11.9 Å². The summed E-state index contributed by atoms with van der Waals surface area (Å²) in [6.45, 7) is 1.80. The molecule has 28 heavy (non-hydrogen) atoms. The monoisotopic (exact) mass is 378 g/mol. The van der Waals surface area contributed by atoms with E-state index in [1.807, 2.05) is 18.2 Å². The predicted molar refractivity (Wildman–Crippen MR) is 101 cm³/mol. The van der Waals surface area contributed by atoms with E-state index in [0.717, 1.165) is 24.7 Å². The molecule has 5 rings (SSSR count). The highest BCUT2D eigenvalue weighted by molar-refractivity contribution is 5.68. The van der Waals surface area contributed by atoms with Crippen LogP contribution in [0.1, 0.15) is 37.9 Å².